The van der Waals surface area contributed by atoms with E-state index in [-0.39, 0.29) is 17.4 Å². The summed E-state index contributed by atoms with van der Waals surface area (Å²) in [7, 11) is 0. The summed E-state index contributed by atoms with van der Waals surface area (Å²) in [5.41, 5.74) is 2.75. The van der Waals surface area contributed by atoms with E-state index in [1.54, 1.807) is 25.4 Å². The Morgan fingerprint density at radius 3 is 2.75 bits per heavy atom. The van der Waals surface area contributed by atoms with E-state index in [4.69, 9.17) is 0 Å². The van der Waals surface area contributed by atoms with E-state index in [0.717, 1.165) is 49.7 Å². The number of imidazole rings is 1. The van der Waals surface area contributed by atoms with Gasteiger partial charge in [0.15, 0.2) is 5.65 Å². The van der Waals surface area contributed by atoms with Gasteiger partial charge in [-0.3, -0.25) is 4.79 Å². The molecule has 4 aromatic heterocycles. The topological polar surface area (TPSA) is 105 Å². The first kappa shape index (κ1) is 22.8. The second kappa shape index (κ2) is 8.49. The quantitative estimate of drug-likeness (QED) is 0.417. The van der Waals surface area contributed by atoms with Crippen molar-refractivity contribution in [3.05, 3.63) is 30.4 Å². The number of carbonyl (C=O) groups excluding carboxylic acids is 1. The van der Waals surface area contributed by atoms with Crippen LogP contribution in [-0.4, -0.2) is 65.9 Å². The van der Waals surface area contributed by atoms with Crippen molar-refractivity contribution in [3.63, 3.8) is 0 Å². The van der Waals surface area contributed by atoms with E-state index in [1.165, 1.54) is 4.57 Å². The first-order valence-electron chi connectivity index (χ1n) is 12.3. The van der Waals surface area contributed by atoms with Gasteiger partial charge in [0.25, 0.3) is 6.43 Å². The van der Waals surface area contributed by atoms with Gasteiger partial charge in [-0.15, -0.1) is 0 Å². The van der Waals surface area contributed by atoms with Crippen LogP contribution in [0.15, 0.2) is 24.5 Å². The minimum absolute atomic E-state index is 0.149. The number of likely N-dealkylation sites (tertiary alicyclic amines) is 1. The number of alkyl halides is 2. The molecule has 1 saturated carbocycles. The molecule has 4 aromatic rings. The van der Waals surface area contributed by atoms with Gasteiger partial charge in [-0.25, -0.2) is 23.7 Å². The Balaban J connectivity index is 1.20. The summed E-state index contributed by atoms with van der Waals surface area (Å²) >= 11 is 0. The Morgan fingerprint density at radius 1 is 1.22 bits per heavy atom. The average molecular weight is 495 g/mol. The number of carbonyl (C=O) groups is 1. The molecule has 0 aromatic carbocycles. The highest BCUT2D eigenvalue weighted by Gasteiger charge is 2.48. The lowest BCUT2D eigenvalue weighted by molar-refractivity contribution is -0.145. The number of amides is 1. The summed E-state index contributed by atoms with van der Waals surface area (Å²) in [6.07, 6.45) is 4.75. The molecule has 2 aliphatic rings. The van der Waals surface area contributed by atoms with E-state index >= 15 is 0 Å². The van der Waals surface area contributed by atoms with Crippen molar-refractivity contribution < 1.29 is 13.6 Å². The first-order valence-corrected chi connectivity index (χ1v) is 12.3. The molecule has 1 aliphatic heterocycles. The number of nitrogens with zero attached hydrogens (tertiary/aromatic N) is 6. The van der Waals surface area contributed by atoms with Crippen molar-refractivity contribution in [2.24, 2.45) is 5.41 Å². The third-order valence-electron chi connectivity index (χ3n) is 7.45. The lowest BCUT2D eigenvalue weighted by Gasteiger charge is -2.45. The van der Waals surface area contributed by atoms with E-state index in [0.29, 0.717) is 34.3 Å². The van der Waals surface area contributed by atoms with Crippen LogP contribution >= 0.6 is 0 Å². The molecule has 0 atom stereocenters. The van der Waals surface area contributed by atoms with Crippen molar-refractivity contribution in [2.75, 3.05) is 18.4 Å². The fourth-order valence-electron chi connectivity index (χ4n) is 5.60. The van der Waals surface area contributed by atoms with Gasteiger partial charge in [-0.05, 0) is 44.7 Å². The standard InChI is InChI=1S/C25H28F2N8O/c1-14-30-19-6-5-18(32-22(19)35(14)13-20(26)27)16-11-28-21-17(16)12-29-24(33-21)31-15-9-25(2,10-15)23(36)34-7-3-4-8-34/h5-6,11-12,15,20H,3-4,7-10,13H2,1-2H3,(H2,28,29,31,33)/t15-,25+. The fraction of sp³-hybridized carbons (Fsp3) is 0.480. The normalized spacial score (nSPS) is 22.0. The molecule has 1 amide bonds. The van der Waals surface area contributed by atoms with Crippen LogP contribution in [0.2, 0.25) is 0 Å². The van der Waals surface area contributed by atoms with Gasteiger partial charge in [0.05, 0.1) is 17.7 Å². The Kier molecular flexibility index (Phi) is 5.38. The number of H-pyrrole nitrogens is 1. The monoisotopic (exact) mass is 494 g/mol. The number of hydrogen-bond acceptors (Lipinski definition) is 6. The highest BCUT2D eigenvalue weighted by molar-refractivity contribution is 5.93. The maximum Gasteiger partial charge on any atom is 0.256 e. The van der Waals surface area contributed by atoms with Crippen molar-refractivity contribution in [1.29, 1.82) is 0 Å². The van der Waals surface area contributed by atoms with E-state index < -0.39 is 13.0 Å². The number of halogens is 2. The Bertz CT molecular complexity index is 1450. The number of fused-ring (bicyclic) bond motifs is 2. The SMILES string of the molecule is Cc1nc2ccc(-c3c[nH]c4nc(N[C@H]5C[C@@](C)(C(=O)N6CCCC6)C5)ncc34)nc2n1CC(F)F. The second-order valence-electron chi connectivity index (χ2n) is 10.2. The zero-order chi connectivity index (χ0) is 25.0. The molecule has 0 bridgehead atoms. The summed E-state index contributed by atoms with van der Waals surface area (Å²) in [5, 5.41) is 4.15. The van der Waals surface area contributed by atoms with Crippen LogP contribution in [0, 0.1) is 12.3 Å². The lowest BCUT2D eigenvalue weighted by atomic mass is 9.66. The Hall–Kier alpha value is -3.63. The van der Waals surface area contributed by atoms with Gasteiger partial charge in [-0.2, -0.15) is 4.98 Å². The lowest BCUT2D eigenvalue weighted by Crippen LogP contribution is -2.53. The van der Waals surface area contributed by atoms with E-state index in [1.807, 2.05) is 17.9 Å². The van der Waals surface area contributed by atoms with Crippen LogP contribution in [0.1, 0.15) is 38.4 Å². The highest BCUT2D eigenvalue weighted by atomic mass is 19.3. The largest absolute Gasteiger partial charge is 0.351 e. The molecule has 0 unspecified atom stereocenters. The molecule has 11 heteroatoms. The molecule has 9 nitrogen and oxygen atoms in total. The van der Waals surface area contributed by atoms with Gasteiger partial charge < -0.3 is 19.8 Å². The van der Waals surface area contributed by atoms with Crippen molar-refractivity contribution in [3.8, 4) is 11.3 Å². The smallest absolute Gasteiger partial charge is 0.256 e. The van der Waals surface area contributed by atoms with Crippen LogP contribution in [0.25, 0.3) is 33.5 Å². The zero-order valence-corrected chi connectivity index (χ0v) is 20.3. The van der Waals surface area contributed by atoms with E-state index in [9.17, 15) is 13.6 Å². The zero-order valence-electron chi connectivity index (χ0n) is 20.3. The maximum atomic E-state index is 13.1. The first-order chi connectivity index (χ1) is 17.3. The van der Waals surface area contributed by atoms with Crippen LogP contribution in [0.5, 0.6) is 0 Å². The highest BCUT2D eigenvalue weighted by Crippen LogP contribution is 2.44. The van der Waals surface area contributed by atoms with E-state index in [2.05, 4.69) is 30.2 Å². The molecule has 0 radical (unpaired) electrons. The maximum absolute atomic E-state index is 13.1. The number of aromatic nitrogens is 6. The van der Waals surface area contributed by atoms with Crippen molar-refractivity contribution >= 4 is 34.1 Å². The summed E-state index contributed by atoms with van der Waals surface area (Å²) in [5.74, 6) is 1.27. The molecule has 188 valence electrons. The minimum Gasteiger partial charge on any atom is -0.351 e. The van der Waals surface area contributed by atoms with Gasteiger partial charge >= 0.3 is 0 Å². The number of aromatic amines is 1. The molecule has 0 spiro atoms. The molecule has 36 heavy (non-hydrogen) atoms. The summed E-state index contributed by atoms with van der Waals surface area (Å²) in [6.45, 7) is 5.04. The van der Waals surface area contributed by atoms with Gasteiger partial charge in [0, 0.05) is 42.5 Å². The summed E-state index contributed by atoms with van der Waals surface area (Å²) < 4.78 is 27.6. The van der Waals surface area contributed by atoms with Crippen LogP contribution in [0.3, 0.4) is 0 Å². The number of rotatable bonds is 6. The van der Waals surface area contributed by atoms with Gasteiger partial charge in [0.2, 0.25) is 11.9 Å². The third kappa shape index (κ3) is 3.86. The second-order valence-corrected chi connectivity index (χ2v) is 10.2. The predicted octanol–water partition coefficient (Wildman–Crippen LogP) is 4.15. The molecule has 2 fully saturated rings. The van der Waals surface area contributed by atoms with Crippen molar-refractivity contribution in [1.82, 2.24) is 34.4 Å². The molecule has 1 saturated heterocycles. The van der Waals surface area contributed by atoms with Gasteiger partial charge in [-0.1, -0.05) is 6.92 Å². The molecule has 6 rings (SSSR count). The predicted molar refractivity (Wildman–Crippen MR) is 132 cm³/mol. The fourth-order valence-corrected chi connectivity index (χ4v) is 5.60. The molecule has 5 heterocycles. The molecular weight excluding hydrogens is 466 g/mol. The van der Waals surface area contributed by atoms with Crippen LogP contribution < -0.4 is 5.32 Å². The minimum atomic E-state index is -2.49. The average Bonchev–Trinajstić information content (AvgIpc) is 3.56. The van der Waals surface area contributed by atoms with Gasteiger partial charge in [0.1, 0.15) is 17.0 Å². The molecule has 2 N–H and O–H groups in total. The Labute approximate surface area is 206 Å². The molecule has 1 aliphatic carbocycles. The van der Waals surface area contributed by atoms with Crippen LogP contribution in [-0.2, 0) is 11.3 Å². The summed E-state index contributed by atoms with van der Waals surface area (Å²) in [4.78, 5) is 36.1. The Morgan fingerprint density at radius 2 is 2.00 bits per heavy atom. The van der Waals surface area contributed by atoms with Crippen molar-refractivity contribution in [2.45, 2.75) is 58.5 Å². The number of aryl methyl sites for hydroxylation is 1. The number of pyridine rings is 1. The summed E-state index contributed by atoms with van der Waals surface area (Å²) in [6, 6.07) is 3.76. The number of anilines is 1. The molecular formula is C25H28F2N8O. The number of nitrogens with one attached hydrogen (secondary N) is 2. The third-order valence-corrected chi connectivity index (χ3v) is 7.45. The number of hydrogen-bond donors (Lipinski definition) is 2. The van der Waals surface area contributed by atoms with Crippen LogP contribution in [0.4, 0.5) is 14.7 Å².